The number of halogens is 1. The van der Waals surface area contributed by atoms with Crippen LogP contribution in [0.4, 0.5) is 0 Å². The number of nitrogens with one attached hydrogen (secondary N) is 1. The van der Waals surface area contributed by atoms with E-state index in [1.165, 1.54) is 0 Å². The van der Waals surface area contributed by atoms with E-state index in [2.05, 4.69) is 10.2 Å². The van der Waals surface area contributed by atoms with Gasteiger partial charge in [-0.1, -0.05) is 0 Å². The molecule has 1 heterocycles. The summed E-state index contributed by atoms with van der Waals surface area (Å²) in [5, 5.41) is 6.53. The maximum absolute atomic E-state index is 5.48. The lowest BCUT2D eigenvalue weighted by molar-refractivity contribution is 0.894. The summed E-state index contributed by atoms with van der Waals surface area (Å²) >= 11 is 10.2. The second-order valence-corrected chi connectivity index (χ2v) is 2.08. The normalized spacial score (nSPS) is 9.75. The summed E-state index contributed by atoms with van der Waals surface area (Å²) in [4.78, 5) is 0. The van der Waals surface area contributed by atoms with Gasteiger partial charge in [0.2, 0.25) is 5.28 Å². The van der Waals surface area contributed by atoms with E-state index in [9.17, 15) is 0 Å². The third kappa shape index (κ3) is 0.763. The van der Waals surface area contributed by atoms with Crippen molar-refractivity contribution in [2.24, 2.45) is 7.05 Å². The van der Waals surface area contributed by atoms with Crippen LogP contribution < -0.4 is 0 Å². The zero-order valence-corrected chi connectivity index (χ0v) is 5.75. The third-order valence-corrected chi connectivity index (χ3v) is 1.53. The molecule has 5 heteroatoms. The van der Waals surface area contributed by atoms with Crippen LogP contribution in [0.5, 0.6) is 0 Å². The summed E-state index contributed by atoms with van der Waals surface area (Å²) < 4.78 is 2.12. The maximum atomic E-state index is 5.48. The Morgan fingerprint density at radius 3 is 2.62 bits per heavy atom. The number of H-pyrrole nitrogens is 1. The fraction of sp³-hybridized carbons (Fsp3) is 0.333. The fourth-order valence-corrected chi connectivity index (χ4v) is 0.637. The Balaban J connectivity index is 3.41. The molecule has 3 nitrogen and oxygen atoms in total. The van der Waals surface area contributed by atoms with Crippen LogP contribution in [0.15, 0.2) is 0 Å². The highest BCUT2D eigenvalue weighted by molar-refractivity contribution is 7.71. The van der Waals surface area contributed by atoms with Crippen LogP contribution in [0.3, 0.4) is 0 Å². The minimum absolute atomic E-state index is 0.384. The summed E-state index contributed by atoms with van der Waals surface area (Å²) in [6, 6.07) is 0. The number of aromatic nitrogens is 3. The Bertz CT molecular complexity index is 237. The maximum Gasteiger partial charge on any atom is 0.223 e. The van der Waals surface area contributed by atoms with E-state index in [-0.39, 0.29) is 0 Å². The molecular weight excluding hydrogens is 146 g/mol. The molecule has 1 N–H and O–H groups in total. The number of nitrogens with zero attached hydrogens (tertiary/aromatic N) is 2. The highest BCUT2D eigenvalue weighted by Crippen LogP contribution is 1.99. The molecule has 0 unspecified atom stereocenters. The Kier molecular flexibility index (Phi) is 1.35. The number of hydrogen-bond donors (Lipinski definition) is 1. The Morgan fingerprint density at radius 1 is 1.88 bits per heavy atom. The standard InChI is InChI=1S/C3H4ClN3S/c1-7-2(4)5-6-3(7)8/h1H3,(H,6,8). The van der Waals surface area contributed by atoms with Gasteiger partial charge in [0.1, 0.15) is 0 Å². The van der Waals surface area contributed by atoms with Crippen LogP contribution in [-0.4, -0.2) is 14.8 Å². The topological polar surface area (TPSA) is 33.6 Å². The summed E-state index contributed by atoms with van der Waals surface area (Å²) in [5.74, 6) is 0. The van der Waals surface area contributed by atoms with E-state index in [4.69, 9.17) is 23.8 Å². The van der Waals surface area contributed by atoms with Gasteiger partial charge in [0.05, 0.1) is 0 Å². The molecule has 1 aromatic rings. The predicted octanol–water partition coefficient (Wildman–Crippen LogP) is 1.13. The smallest absolute Gasteiger partial charge is 0.223 e. The minimum Gasteiger partial charge on any atom is -0.294 e. The van der Waals surface area contributed by atoms with E-state index < -0.39 is 0 Å². The molecule has 0 aliphatic rings. The highest BCUT2D eigenvalue weighted by atomic mass is 35.5. The van der Waals surface area contributed by atoms with E-state index in [1.54, 1.807) is 11.6 Å². The van der Waals surface area contributed by atoms with Crippen LogP contribution in [0.25, 0.3) is 0 Å². The van der Waals surface area contributed by atoms with Gasteiger partial charge < -0.3 is 0 Å². The van der Waals surface area contributed by atoms with Gasteiger partial charge in [-0.3, -0.25) is 9.67 Å². The van der Waals surface area contributed by atoms with Crippen molar-refractivity contribution in [2.45, 2.75) is 0 Å². The largest absolute Gasteiger partial charge is 0.294 e. The lowest BCUT2D eigenvalue weighted by Gasteiger charge is -1.83. The molecule has 1 aromatic heterocycles. The molecule has 0 radical (unpaired) electrons. The second kappa shape index (κ2) is 1.87. The van der Waals surface area contributed by atoms with Gasteiger partial charge in [0, 0.05) is 7.05 Å². The van der Waals surface area contributed by atoms with Gasteiger partial charge in [-0.2, -0.15) is 0 Å². The van der Waals surface area contributed by atoms with Crippen molar-refractivity contribution in [1.29, 1.82) is 0 Å². The van der Waals surface area contributed by atoms with Gasteiger partial charge in [0.25, 0.3) is 0 Å². The van der Waals surface area contributed by atoms with Crippen molar-refractivity contribution in [3.05, 3.63) is 10.1 Å². The van der Waals surface area contributed by atoms with Crippen molar-refractivity contribution in [3.8, 4) is 0 Å². The molecule has 0 bridgehead atoms. The molecule has 1 rings (SSSR count). The first-order valence-electron chi connectivity index (χ1n) is 1.98. The molecule has 0 atom stereocenters. The van der Waals surface area contributed by atoms with Crippen molar-refractivity contribution >= 4 is 23.8 Å². The second-order valence-electron chi connectivity index (χ2n) is 1.36. The van der Waals surface area contributed by atoms with Crippen LogP contribution in [0.1, 0.15) is 0 Å². The zero-order valence-electron chi connectivity index (χ0n) is 4.18. The van der Waals surface area contributed by atoms with Crippen LogP contribution >= 0.6 is 23.8 Å². The summed E-state index contributed by atoms with van der Waals surface area (Å²) in [7, 11) is 1.74. The molecule has 0 saturated carbocycles. The molecule has 8 heavy (non-hydrogen) atoms. The number of aromatic amines is 1. The third-order valence-electron chi connectivity index (χ3n) is 0.825. The lowest BCUT2D eigenvalue weighted by atomic mass is 11.1. The monoisotopic (exact) mass is 149 g/mol. The Hall–Kier alpha value is -0.350. The summed E-state index contributed by atoms with van der Waals surface area (Å²) in [6.45, 7) is 0. The van der Waals surface area contributed by atoms with Crippen LogP contribution in [0, 0.1) is 4.77 Å². The van der Waals surface area contributed by atoms with Crippen LogP contribution in [-0.2, 0) is 7.05 Å². The molecule has 0 fully saturated rings. The predicted molar refractivity (Wildman–Crippen MR) is 33.4 cm³/mol. The minimum atomic E-state index is 0.384. The van der Waals surface area contributed by atoms with E-state index in [0.717, 1.165) is 0 Å². The summed E-state index contributed by atoms with van der Waals surface area (Å²) in [5.41, 5.74) is 0. The fourth-order valence-electron chi connectivity index (χ4n) is 0.328. The average molecular weight is 150 g/mol. The highest BCUT2D eigenvalue weighted by Gasteiger charge is 1.92. The molecular formula is C3H4ClN3S. The lowest BCUT2D eigenvalue weighted by Crippen LogP contribution is -1.85. The van der Waals surface area contributed by atoms with E-state index in [0.29, 0.717) is 10.1 Å². The molecule has 0 spiro atoms. The molecule has 0 aliphatic heterocycles. The van der Waals surface area contributed by atoms with Gasteiger partial charge >= 0.3 is 0 Å². The number of hydrogen-bond acceptors (Lipinski definition) is 2. The van der Waals surface area contributed by atoms with Crippen molar-refractivity contribution in [1.82, 2.24) is 14.8 Å². The molecule has 44 valence electrons. The van der Waals surface area contributed by atoms with Gasteiger partial charge in [-0.25, -0.2) is 0 Å². The first-order chi connectivity index (χ1) is 3.72. The van der Waals surface area contributed by atoms with Crippen molar-refractivity contribution in [2.75, 3.05) is 0 Å². The Labute approximate surface area is 56.3 Å². The van der Waals surface area contributed by atoms with Crippen molar-refractivity contribution < 1.29 is 0 Å². The molecule has 0 aliphatic carbocycles. The van der Waals surface area contributed by atoms with Gasteiger partial charge in [0.15, 0.2) is 4.77 Å². The first-order valence-corrected chi connectivity index (χ1v) is 2.77. The molecule has 0 saturated heterocycles. The van der Waals surface area contributed by atoms with Crippen molar-refractivity contribution in [3.63, 3.8) is 0 Å². The average Bonchev–Trinajstić information content (AvgIpc) is 1.98. The molecule has 0 amide bonds. The number of rotatable bonds is 0. The SMILES string of the molecule is Cn1c(Cl)n[nH]c1=S. The molecule has 0 aromatic carbocycles. The van der Waals surface area contributed by atoms with E-state index >= 15 is 0 Å². The van der Waals surface area contributed by atoms with Gasteiger partial charge in [-0.15, -0.1) is 5.10 Å². The zero-order chi connectivity index (χ0) is 6.15. The Morgan fingerprint density at radius 2 is 2.50 bits per heavy atom. The van der Waals surface area contributed by atoms with Gasteiger partial charge in [-0.05, 0) is 23.8 Å². The first kappa shape index (κ1) is 5.78. The summed E-state index contributed by atoms with van der Waals surface area (Å²) in [6.07, 6.45) is 0. The quantitative estimate of drug-likeness (QED) is 0.561. The van der Waals surface area contributed by atoms with E-state index in [1.807, 2.05) is 0 Å². The van der Waals surface area contributed by atoms with Crippen LogP contribution in [0.2, 0.25) is 5.28 Å².